The molecular weight excluding hydrogens is 300 g/mol. The lowest BCUT2D eigenvalue weighted by Crippen LogP contribution is -2.18. The van der Waals surface area contributed by atoms with E-state index in [4.69, 9.17) is 8.75 Å². The number of hydrogen-bond donors (Lipinski definition) is 0. The van der Waals surface area contributed by atoms with E-state index in [0.29, 0.717) is 0 Å². The number of aryl methyl sites for hydroxylation is 2. The van der Waals surface area contributed by atoms with Gasteiger partial charge in [0.15, 0.2) is 0 Å². The van der Waals surface area contributed by atoms with E-state index in [-0.39, 0.29) is 10.8 Å². The molecule has 3 aromatic rings. The molecule has 1 aromatic heterocycles. The smallest absolute Gasteiger partial charge is 0.109 e. The van der Waals surface area contributed by atoms with Gasteiger partial charge in [0.05, 0.1) is 11.7 Å². The number of hydrogen-bond acceptors (Lipinski definition) is 3. The van der Waals surface area contributed by atoms with Crippen LogP contribution in [-0.2, 0) is 10.8 Å². The van der Waals surface area contributed by atoms with Crippen LogP contribution >= 0.6 is 11.7 Å². The van der Waals surface area contributed by atoms with Crippen LogP contribution in [0.15, 0.2) is 12.1 Å². The van der Waals surface area contributed by atoms with Crippen LogP contribution in [0.4, 0.5) is 0 Å². The molecule has 23 heavy (non-hydrogen) atoms. The third kappa shape index (κ3) is 2.55. The molecule has 0 saturated heterocycles. The van der Waals surface area contributed by atoms with Crippen molar-refractivity contribution in [2.45, 2.75) is 66.2 Å². The maximum Gasteiger partial charge on any atom is 0.109 e. The predicted molar refractivity (Wildman–Crippen MR) is 102 cm³/mol. The van der Waals surface area contributed by atoms with E-state index in [1.54, 1.807) is 0 Å². The Bertz CT molecular complexity index is 832. The topological polar surface area (TPSA) is 25.8 Å². The molecule has 0 fully saturated rings. The molecule has 3 heteroatoms. The monoisotopic (exact) mass is 326 g/mol. The summed E-state index contributed by atoms with van der Waals surface area (Å²) in [5.41, 5.74) is 7.57. The molecule has 0 radical (unpaired) electrons. The zero-order valence-corrected chi connectivity index (χ0v) is 16.3. The van der Waals surface area contributed by atoms with Gasteiger partial charge in [-0.25, -0.2) is 0 Å². The lowest BCUT2D eigenvalue weighted by Gasteiger charge is -2.28. The van der Waals surface area contributed by atoms with Crippen LogP contribution in [0.1, 0.15) is 63.8 Å². The minimum atomic E-state index is 0.0321. The average molecular weight is 327 g/mol. The third-order valence-corrected chi connectivity index (χ3v) is 5.16. The molecule has 0 aliphatic heterocycles. The SMILES string of the molecule is Cc1cc2c(C(C)(C)C)c3nsnc3c(C(C)(C)C)c2cc1C. The van der Waals surface area contributed by atoms with Crippen LogP contribution in [0.2, 0.25) is 0 Å². The summed E-state index contributed by atoms with van der Waals surface area (Å²) in [4.78, 5) is 0. The minimum absolute atomic E-state index is 0.0321. The Morgan fingerprint density at radius 2 is 1.04 bits per heavy atom. The van der Waals surface area contributed by atoms with Crippen LogP contribution in [-0.4, -0.2) is 8.75 Å². The fraction of sp³-hybridized carbons (Fsp3) is 0.500. The number of fused-ring (bicyclic) bond motifs is 2. The Labute approximate surface area is 143 Å². The van der Waals surface area contributed by atoms with Crippen LogP contribution in [0, 0.1) is 13.8 Å². The molecule has 0 aliphatic carbocycles. The second-order valence-corrected chi connectivity index (χ2v) is 9.22. The fourth-order valence-electron chi connectivity index (χ4n) is 3.52. The molecular formula is C20H26N2S. The lowest BCUT2D eigenvalue weighted by molar-refractivity contribution is 0.592. The fourth-order valence-corrected chi connectivity index (χ4v) is 4.08. The lowest BCUT2D eigenvalue weighted by atomic mass is 9.76. The van der Waals surface area contributed by atoms with E-state index in [1.807, 2.05) is 0 Å². The Balaban J connectivity index is 2.67. The summed E-state index contributed by atoms with van der Waals surface area (Å²) in [7, 11) is 0. The largest absolute Gasteiger partial charge is 0.173 e. The van der Waals surface area contributed by atoms with Crippen LogP contribution in [0.25, 0.3) is 21.8 Å². The molecule has 0 bridgehead atoms. The zero-order valence-electron chi connectivity index (χ0n) is 15.5. The maximum atomic E-state index is 4.69. The second kappa shape index (κ2) is 5.01. The van der Waals surface area contributed by atoms with Crippen molar-refractivity contribution in [3.05, 3.63) is 34.4 Å². The first-order chi connectivity index (χ1) is 10.5. The van der Waals surface area contributed by atoms with Gasteiger partial charge in [-0.1, -0.05) is 53.7 Å². The normalized spacial score (nSPS) is 13.2. The number of rotatable bonds is 0. The molecule has 0 atom stereocenters. The summed E-state index contributed by atoms with van der Waals surface area (Å²) in [6.07, 6.45) is 0. The molecule has 122 valence electrons. The van der Waals surface area contributed by atoms with Crippen molar-refractivity contribution in [1.29, 1.82) is 0 Å². The van der Waals surface area contributed by atoms with Gasteiger partial charge in [0, 0.05) is 0 Å². The summed E-state index contributed by atoms with van der Waals surface area (Å²) >= 11 is 1.33. The van der Waals surface area contributed by atoms with Gasteiger partial charge in [-0.15, -0.1) is 0 Å². The molecule has 0 saturated carbocycles. The van der Waals surface area contributed by atoms with Crippen molar-refractivity contribution in [3.8, 4) is 0 Å². The quantitative estimate of drug-likeness (QED) is 0.502. The van der Waals surface area contributed by atoms with Gasteiger partial charge in [0.2, 0.25) is 0 Å². The van der Waals surface area contributed by atoms with Crippen molar-refractivity contribution in [3.63, 3.8) is 0 Å². The first-order valence-electron chi connectivity index (χ1n) is 8.22. The number of aromatic nitrogens is 2. The van der Waals surface area contributed by atoms with Gasteiger partial charge in [-0.05, 0) is 57.7 Å². The summed E-state index contributed by atoms with van der Waals surface area (Å²) in [5, 5.41) is 2.68. The molecule has 2 nitrogen and oxygen atoms in total. The highest BCUT2D eigenvalue weighted by Crippen LogP contribution is 2.43. The Morgan fingerprint density at radius 1 is 0.696 bits per heavy atom. The molecule has 0 aliphatic rings. The van der Waals surface area contributed by atoms with E-state index in [9.17, 15) is 0 Å². The van der Waals surface area contributed by atoms with Gasteiger partial charge in [0.1, 0.15) is 11.0 Å². The second-order valence-electron chi connectivity index (χ2n) is 8.69. The third-order valence-electron chi connectivity index (χ3n) is 4.63. The first kappa shape index (κ1) is 16.4. The Hall–Kier alpha value is -1.48. The van der Waals surface area contributed by atoms with Gasteiger partial charge in [-0.2, -0.15) is 8.75 Å². The van der Waals surface area contributed by atoms with Gasteiger partial charge >= 0.3 is 0 Å². The maximum absolute atomic E-state index is 4.69. The summed E-state index contributed by atoms with van der Waals surface area (Å²) < 4.78 is 9.38. The molecule has 1 heterocycles. The van der Waals surface area contributed by atoms with Gasteiger partial charge < -0.3 is 0 Å². The highest BCUT2D eigenvalue weighted by Gasteiger charge is 2.29. The minimum Gasteiger partial charge on any atom is -0.173 e. The molecule has 0 N–H and O–H groups in total. The summed E-state index contributed by atoms with van der Waals surface area (Å²) in [6.45, 7) is 18.0. The van der Waals surface area contributed by atoms with Crippen LogP contribution in [0.3, 0.4) is 0 Å². The van der Waals surface area contributed by atoms with E-state index in [2.05, 4.69) is 67.5 Å². The van der Waals surface area contributed by atoms with Gasteiger partial charge in [-0.3, -0.25) is 0 Å². The highest BCUT2D eigenvalue weighted by molar-refractivity contribution is 7.00. The van der Waals surface area contributed by atoms with Crippen molar-refractivity contribution >= 4 is 33.5 Å². The first-order valence-corrected chi connectivity index (χ1v) is 8.95. The van der Waals surface area contributed by atoms with Crippen molar-refractivity contribution in [1.82, 2.24) is 8.75 Å². The van der Waals surface area contributed by atoms with Crippen LogP contribution in [0.5, 0.6) is 0 Å². The summed E-state index contributed by atoms with van der Waals surface area (Å²) in [5.74, 6) is 0. The van der Waals surface area contributed by atoms with E-state index < -0.39 is 0 Å². The standard InChI is InChI=1S/C20H26N2S/c1-11-9-13-14(10-12(11)2)16(20(6,7)8)18-17(21-23-22-18)15(13)19(3,4)5/h9-10H,1-8H3. The van der Waals surface area contributed by atoms with Crippen molar-refractivity contribution in [2.24, 2.45) is 0 Å². The predicted octanol–water partition coefficient (Wildman–Crippen LogP) is 6.06. The molecule has 0 amide bonds. The van der Waals surface area contributed by atoms with E-state index >= 15 is 0 Å². The number of nitrogens with zero attached hydrogens (tertiary/aromatic N) is 2. The van der Waals surface area contributed by atoms with Gasteiger partial charge in [0.25, 0.3) is 0 Å². The highest BCUT2D eigenvalue weighted by atomic mass is 32.1. The molecule has 2 aromatic carbocycles. The van der Waals surface area contributed by atoms with Crippen LogP contribution < -0.4 is 0 Å². The van der Waals surface area contributed by atoms with E-state index in [1.165, 1.54) is 44.8 Å². The summed E-state index contributed by atoms with van der Waals surface area (Å²) in [6, 6.07) is 4.69. The molecule has 0 unspecified atom stereocenters. The molecule has 3 rings (SSSR count). The molecule has 0 spiro atoms. The average Bonchev–Trinajstić information content (AvgIpc) is 2.82. The van der Waals surface area contributed by atoms with E-state index in [0.717, 1.165) is 11.0 Å². The van der Waals surface area contributed by atoms with Crippen molar-refractivity contribution in [2.75, 3.05) is 0 Å². The Kier molecular flexibility index (Phi) is 3.57. The number of benzene rings is 2. The zero-order chi connectivity index (χ0) is 17.2. The van der Waals surface area contributed by atoms with Crippen molar-refractivity contribution < 1.29 is 0 Å². The Morgan fingerprint density at radius 3 is 1.35 bits per heavy atom.